The molecule has 0 aromatic heterocycles. The molecule has 0 spiro atoms. The molecule has 1 rings (SSSR count). The molecule has 21 heavy (non-hydrogen) atoms. The topological polar surface area (TPSA) is 59.6 Å². The van der Waals surface area contributed by atoms with Crippen LogP contribution in [-0.4, -0.2) is 25.2 Å². The molecule has 118 valence electrons. The Kier molecular flexibility index (Phi) is 8.32. The first kappa shape index (κ1) is 17.3. The van der Waals surface area contributed by atoms with Gasteiger partial charge in [0, 0.05) is 12.6 Å². The Labute approximate surface area is 128 Å². The van der Waals surface area contributed by atoms with Crippen molar-refractivity contribution in [2.45, 2.75) is 52.5 Å². The second-order valence-corrected chi connectivity index (χ2v) is 5.32. The summed E-state index contributed by atoms with van der Waals surface area (Å²) < 4.78 is 5.64. The standard InChI is InChI=1S/C17H29N3O/c1-4-6-13-21-16-9-7-15(8-10-16)11-12-19-17(18)20-14(3)5-2/h7-10,14H,4-6,11-13H2,1-3H3,(H3,18,19,20). The van der Waals surface area contributed by atoms with Crippen molar-refractivity contribution in [1.82, 2.24) is 5.32 Å². The van der Waals surface area contributed by atoms with Gasteiger partial charge in [-0.25, -0.2) is 0 Å². The summed E-state index contributed by atoms with van der Waals surface area (Å²) in [4.78, 5) is 4.34. The maximum atomic E-state index is 5.83. The molecule has 0 heterocycles. The van der Waals surface area contributed by atoms with Gasteiger partial charge in [0.25, 0.3) is 0 Å². The van der Waals surface area contributed by atoms with Crippen molar-refractivity contribution in [2.75, 3.05) is 13.2 Å². The third kappa shape index (κ3) is 7.59. The van der Waals surface area contributed by atoms with Gasteiger partial charge in [-0.3, -0.25) is 4.99 Å². The molecule has 3 N–H and O–H groups in total. The van der Waals surface area contributed by atoms with Crippen molar-refractivity contribution in [2.24, 2.45) is 10.7 Å². The highest BCUT2D eigenvalue weighted by molar-refractivity contribution is 5.78. The van der Waals surface area contributed by atoms with E-state index in [1.54, 1.807) is 0 Å². The molecule has 0 aliphatic heterocycles. The fraction of sp³-hybridized carbons (Fsp3) is 0.588. The highest BCUT2D eigenvalue weighted by atomic mass is 16.5. The Hall–Kier alpha value is -1.71. The van der Waals surface area contributed by atoms with Gasteiger partial charge in [0.05, 0.1) is 6.61 Å². The smallest absolute Gasteiger partial charge is 0.188 e. The summed E-state index contributed by atoms with van der Waals surface area (Å²) in [6.45, 7) is 7.87. The fourth-order valence-corrected chi connectivity index (χ4v) is 1.79. The highest BCUT2D eigenvalue weighted by Crippen LogP contribution is 2.13. The lowest BCUT2D eigenvalue weighted by Gasteiger charge is -2.11. The Bertz CT molecular complexity index is 415. The van der Waals surface area contributed by atoms with Crippen LogP contribution in [0.5, 0.6) is 5.75 Å². The summed E-state index contributed by atoms with van der Waals surface area (Å²) in [7, 11) is 0. The van der Waals surface area contributed by atoms with Gasteiger partial charge in [0.15, 0.2) is 5.96 Å². The molecule has 0 amide bonds. The largest absolute Gasteiger partial charge is 0.494 e. The number of guanidine groups is 1. The van der Waals surface area contributed by atoms with E-state index in [1.807, 2.05) is 12.1 Å². The molecule has 0 saturated heterocycles. The zero-order valence-electron chi connectivity index (χ0n) is 13.6. The van der Waals surface area contributed by atoms with E-state index in [0.717, 1.165) is 38.0 Å². The second kappa shape index (κ2) is 10.1. The van der Waals surface area contributed by atoms with E-state index in [-0.39, 0.29) is 0 Å². The van der Waals surface area contributed by atoms with Gasteiger partial charge in [0.2, 0.25) is 0 Å². The van der Waals surface area contributed by atoms with Gasteiger partial charge in [-0.1, -0.05) is 32.4 Å². The van der Waals surface area contributed by atoms with Crippen LogP contribution in [0.3, 0.4) is 0 Å². The maximum absolute atomic E-state index is 5.83. The minimum Gasteiger partial charge on any atom is -0.494 e. The molecule has 0 fully saturated rings. The van der Waals surface area contributed by atoms with Crippen molar-refractivity contribution in [3.63, 3.8) is 0 Å². The van der Waals surface area contributed by atoms with Crippen LogP contribution in [0, 0.1) is 0 Å². The molecule has 1 unspecified atom stereocenters. The van der Waals surface area contributed by atoms with E-state index < -0.39 is 0 Å². The van der Waals surface area contributed by atoms with Crippen LogP contribution in [-0.2, 0) is 6.42 Å². The molecule has 4 heteroatoms. The Balaban J connectivity index is 2.33. The first-order valence-corrected chi connectivity index (χ1v) is 7.93. The summed E-state index contributed by atoms with van der Waals surface area (Å²) in [6.07, 6.45) is 4.18. The van der Waals surface area contributed by atoms with Gasteiger partial charge in [-0.05, 0) is 43.9 Å². The number of nitrogens with zero attached hydrogens (tertiary/aromatic N) is 1. The fourth-order valence-electron chi connectivity index (χ4n) is 1.79. The quantitative estimate of drug-likeness (QED) is 0.417. The SMILES string of the molecule is CCCCOc1ccc(CCN=C(N)NC(C)CC)cc1. The van der Waals surface area contributed by atoms with Crippen molar-refractivity contribution in [1.29, 1.82) is 0 Å². The molecule has 0 aliphatic carbocycles. The van der Waals surface area contributed by atoms with Crippen molar-refractivity contribution in [3.05, 3.63) is 29.8 Å². The van der Waals surface area contributed by atoms with E-state index in [1.165, 1.54) is 5.56 Å². The summed E-state index contributed by atoms with van der Waals surface area (Å²) >= 11 is 0. The summed E-state index contributed by atoms with van der Waals surface area (Å²) in [5.41, 5.74) is 7.07. The third-order valence-corrected chi connectivity index (χ3v) is 3.38. The Morgan fingerprint density at radius 3 is 2.62 bits per heavy atom. The number of nitrogens with two attached hydrogens (primary N) is 1. The molecule has 0 saturated carbocycles. The highest BCUT2D eigenvalue weighted by Gasteiger charge is 1.99. The van der Waals surface area contributed by atoms with Crippen molar-refractivity contribution in [3.8, 4) is 5.75 Å². The molecule has 1 aromatic rings. The van der Waals surface area contributed by atoms with Gasteiger partial charge < -0.3 is 15.8 Å². The predicted octanol–water partition coefficient (Wildman–Crippen LogP) is 3.11. The molecular weight excluding hydrogens is 262 g/mol. The lowest BCUT2D eigenvalue weighted by atomic mass is 10.1. The zero-order valence-corrected chi connectivity index (χ0v) is 13.6. The van der Waals surface area contributed by atoms with E-state index in [0.29, 0.717) is 18.5 Å². The zero-order chi connectivity index (χ0) is 15.5. The van der Waals surface area contributed by atoms with Crippen LogP contribution in [0.15, 0.2) is 29.3 Å². The number of ether oxygens (including phenoxy) is 1. The molecule has 0 bridgehead atoms. The lowest BCUT2D eigenvalue weighted by molar-refractivity contribution is 0.309. The average molecular weight is 291 g/mol. The number of nitrogens with one attached hydrogen (secondary N) is 1. The van der Waals surface area contributed by atoms with E-state index >= 15 is 0 Å². The van der Waals surface area contributed by atoms with Crippen LogP contribution < -0.4 is 15.8 Å². The van der Waals surface area contributed by atoms with Crippen molar-refractivity contribution >= 4 is 5.96 Å². The number of rotatable bonds is 9. The van der Waals surface area contributed by atoms with Crippen LogP contribution in [0.25, 0.3) is 0 Å². The molecule has 0 aliphatic rings. The van der Waals surface area contributed by atoms with Crippen LogP contribution in [0.4, 0.5) is 0 Å². The average Bonchev–Trinajstić information content (AvgIpc) is 2.49. The monoisotopic (exact) mass is 291 g/mol. The third-order valence-electron chi connectivity index (χ3n) is 3.38. The number of aliphatic imine (C=N–C) groups is 1. The van der Waals surface area contributed by atoms with Crippen LogP contribution in [0.2, 0.25) is 0 Å². The minimum absolute atomic E-state index is 0.369. The van der Waals surface area contributed by atoms with E-state index in [2.05, 4.69) is 43.2 Å². The first-order valence-electron chi connectivity index (χ1n) is 7.93. The van der Waals surface area contributed by atoms with Gasteiger partial charge in [-0.15, -0.1) is 0 Å². The van der Waals surface area contributed by atoms with Crippen molar-refractivity contribution < 1.29 is 4.74 Å². The van der Waals surface area contributed by atoms with Crippen LogP contribution >= 0.6 is 0 Å². The van der Waals surface area contributed by atoms with Crippen LogP contribution in [0.1, 0.15) is 45.6 Å². The normalized spacial score (nSPS) is 13.0. The van der Waals surface area contributed by atoms with E-state index in [4.69, 9.17) is 10.5 Å². The Morgan fingerprint density at radius 2 is 2.00 bits per heavy atom. The number of benzene rings is 1. The van der Waals surface area contributed by atoms with Gasteiger partial charge in [-0.2, -0.15) is 0 Å². The molecular formula is C17H29N3O. The predicted molar refractivity (Wildman–Crippen MR) is 89.9 cm³/mol. The molecule has 1 aromatic carbocycles. The summed E-state index contributed by atoms with van der Waals surface area (Å²) in [6, 6.07) is 8.60. The first-order chi connectivity index (χ1) is 10.2. The number of hydrogen-bond donors (Lipinski definition) is 2. The van der Waals surface area contributed by atoms with E-state index in [9.17, 15) is 0 Å². The number of hydrogen-bond acceptors (Lipinski definition) is 2. The molecule has 4 nitrogen and oxygen atoms in total. The lowest BCUT2D eigenvalue weighted by Crippen LogP contribution is -2.38. The van der Waals surface area contributed by atoms with Gasteiger partial charge in [0.1, 0.15) is 5.75 Å². The molecule has 1 atom stereocenters. The van der Waals surface area contributed by atoms with Gasteiger partial charge >= 0.3 is 0 Å². The minimum atomic E-state index is 0.369. The molecule has 0 radical (unpaired) electrons. The maximum Gasteiger partial charge on any atom is 0.188 e. The Morgan fingerprint density at radius 1 is 1.29 bits per heavy atom. The summed E-state index contributed by atoms with van der Waals surface area (Å²) in [5.74, 6) is 1.47. The summed E-state index contributed by atoms with van der Waals surface area (Å²) in [5, 5.41) is 3.16. The number of unbranched alkanes of at least 4 members (excludes halogenated alkanes) is 1. The second-order valence-electron chi connectivity index (χ2n) is 5.32.